The highest BCUT2D eigenvalue weighted by atomic mass is 19.1. The first-order valence-electron chi connectivity index (χ1n) is 30.2. The molecule has 0 spiro atoms. The fourth-order valence-corrected chi connectivity index (χ4v) is 9.75. The average Bonchev–Trinajstić information content (AvgIpc) is 2.42. The number of nitrogens with zero attached hydrogens (tertiary/aromatic N) is 5. The Morgan fingerprint density at radius 3 is 1.99 bits per heavy atom. The molecule has 2 bridgehead atoms. The van der Waals surface area contributed by atoms with Gasteiger partial charge in [-0.3, -0.25) is 33.6 Å². The normalized spacial score (nSPS) is 22.4. The predicted octanol–water partition coefficient (Wildman–Crippen LogP) is 7.54. The number of carbonyl (C=O) groups excluding carboxylic acids is 9. The van der Waals surface area contributed by atoms with Gasteiger partial charge in [0.25, 0.3) is 11.8 Å². The van der Waals surface area contributed by atoms with Gasteiger partial charge in [0.05, 0.1) is 31.8 Å². The van der Waals surface area contributed by atoms with Gasteiger partial charge in [-0.25, -0.2) is 14.0 Å². The van der Waals surface area contributed by atoms with Crippen LogP contribution in [0.3, 0.4) is 0 Å². The maximum absolute atomic E-state index is 14.9. The average molecular weight is 1230 g/mol. The molecule has 3 heterocycles. The number of fused-ring (bicyclic) bond motifs is 4. The summed E-state index contributed by atoms with van der Waals surface area (Å²) in [5.41, 5.74) is -0.736. The number of allylic oxidation sites excluding steroid dienone is 1. The molecule has 0 saturated carbocycles. The number of methoxy groups -OCH3 is 2. The molecule has 6 amide bonds. The van der Waals surface area contributed by atoms with Gasteiger partial charge in [0.15, 0.2) is 18.1 Å². The van der Waals surface area contributed by atoms with Gasteiger partial charge in [-0.05, 0) is 135 Å². The van der Waals surface area contributed by atoms with Crippen LogP contribution in [-0.2, 0) is 70.4 Å². The predicted molar refractivity (Wildman–Crippen MR) is 330 cm³/mol. The minimum absolute atomic E-state index is 0. The molecule has 3 aromatic carbocycles. The zero-order valence-corrected chi connectivity index (χ0v) is 53.7. The summed E-state index contributed by atoms with van der Waals surface area (Å²) in [7, 11) is 7.74. The highest BCUT2D eigenvalue weighted by molar-refractivity contribution is 6.38. The van der Waals surface area contributed by atoms with Gasteiger partial charge in [-0.15, -0.1) is 0 Å². The molecule has 2 saturated heterocycles. The molecular weight excluding hydrogens is 1140 g/mol. The summed E-state index contributed by atoms with van der Waals surface area (Å²) < 4.78 is 47.7. The van der Waals surface area contributed by atoms with Crippen LogP contribution >= 0.6 is 0 Å². The Bertz CT molecular complexity index is 2840. The molecular formula is C66H95FN6O15. The van der Waals surface area contributed by atoms with Crippen LogP contribution in [0, 0.1) is 11.2 Å². The highest BCUT2D eigenvalue weighted by Crippen LogP contribution is 2.29. The van der Waals surface area contributed by atoms with E-state index in [1.54, 1.807) is 27.3 Å². The number of rotatable bonds is 7. The summed E-state index contributed by atoms with van der Waals surface area (Å²) >= 11 is 0. The molecule has 88 heavy (non-hydrogen) atoms. The van der Waals surface area contributed by atoms with E-state index in [2.05, 4.69) is 12.2 Å². The van der Waals surface area contributed by atoms with Gasteiger partial charge >= 0.3 is 11.9 Å². The number of aryl methyl sites for hydroxylation is 1. The maximum Gasteiger partial charge on any atom is 0.330 e. The van der Waals surface area contributed by atoms with Crippen molar-refractivity contribution in [1.82, 2.24) is 29.8 Å². The standard InChI is InChI=1S/C50H73FN6O13.C10H14O2.C6H6.H2/c1-11-18-36-44(62)55(10)39(29-70-49(3,4)5)46(64)56-24-17-20-37(56)45(63)53(8)22-15-12-13-21-41(59)69-31-50(6,7)42(60)47(65)57-23-16-14-19-38(57)48(66)68-28-33-25-34(51)27-35(26-33)67-30-40(58)54(9)32(2)43(61)52-36;1-4-8-5-6-9(11-2)10(7-8)12-3;1-2-4-6-5-3-1;/h13,21,25-27,32,36-39H,11-12,14-20,22-24,28-31H2,1-10H3,(H,52,61);5-7H,4H2,1-3H3;1-6H;1H/b21-13+;;;/t32-,36?,37-,38-,39-;;;/m0.../s1. The fourth-order valence-electron chi connectivity index (χ4n) is 9.75. The number of likely N-dealkylation sites (N-methyl/N-ethyl adjacent to an activating group) is 3. The summed E-state index contributed by atoms with van der Waals surface area (Å²) in [5.74, 6) is -5.31. The number of hydrogen-bond donors (Lipinski definition) is 1. The van der Waals surface area contributed by atoms with E-state index in [-0.39, 0.29) is 57.7 Å². The van der Waals surface area contributed by atoms with Gasteiger partial charge in [0, 0.05) is 54.3 Å². The van der Waals surface area contributed by atoms with E-state index in [1.165, 1.54) is 67.3 Å². The van der Waals surface area contributed by atoms with Crippen molar-refractivity contribution in [3.8, 4) is 17.2 Å². The van der Waals surface area contributed by atoms with Crippen LogP contribution < -0.4 is 19.5 Å². The first-order chi connectivity index (χ1) is 41.7. The maximum atomic E-state index is 14.9. The SMILES string of the molecule is CCCC1NC(=O)[C@H](C)N(C)C(=O)COc2cc(F)cc(c2)COC(=O)[C@@H]2CCCCN2C(=O)C(=O)C(C)(C)COC(=O)/C=C/CCCN(C)C(=O)[C@@H]2CCCN2C(=O)[C@H](COC(C)(C)C)N(C)C1=O.CCc1ccc(OC)c(OC)c1.[HH].c1ccccc1. The number of halogens is 1. The van der Waals surface area contributed by atoms with Crippen LogP contribution in [0.4, 0.5) is 4.39 Å². The number of esters is 2. The van der Waals surface area contributed by atoms with Gasteiger partial charge in [0.2, 0.25) is 29.4 Å². The number of ketones is 1. The lowest BCUT2D eigenvalue weighted by Gasteiger charge is -2.37. The Labute approximate surface area is 520 Å². The van der Waals surface area contributed by atoms with Crippen molar-refractivity contribution in [2.45, 2.75) is 162 Å². The molecule has 3 aliphatic rings. The first-order valence-corrected chi connectivity index (χ1v) is 30.2. The lowest BCUT2D eigenvalue weighted by molar-refractivity contribution is -0.162. The minimum Gasteiger partial charge on any atom is -0.493 e. The third-order valence-corrected chi connectivity index (χ3v) is 15.3. The van der Waals surface area contributed by atoms with Crippen LogP contribution in [0.25, 0.3) is 0 Å². The topological polar surface area (TPSA) is 237 Å². The number of nitrogens with one attached hydrogen (secondary N) is 1. The second-order valence-corrected chi connectivity index (χ2v) is 23.6. The molecule has 0 radical (unpaired) electrons. The fraction of sp³-hybridized carbons (Fsp3) is 0.561. The highest BCUT2D eigenvalue weighted by Gasteiger charge is 2.44. The summed E-state index contributed by atoms with van der Waals surface area (Å²) in [4.78, 5) is 130. The van der Waals surface area contributed by atoms with E-state index in [0.717, 1.165) is 39.9 Å². The lowest BCUT2D eigenvalue weighted by Crippen LogP contribution is -2.59. The van der Waals surface area contributed by atoms with Crippen LogP contribution in [0.15, 0.2) is 84.9 Å². The van der Waals surface area contributed by atoms with E-state index >= 15 is 0 Å². The van der Waals surface area contributed by atoms with Crippen molar-refractivity contribution in [2.75, 3.05) is 74.8 Å². The van der Waals surface area contributed by atoms with Crippen molar-refractivity contribution < 1.29 is 77.4 Å². The molecule has 0 aromatic heterocycles. The Hall–Kier alpha value is -7.88. The van der Waals surface area contributed by atoms with E-state index in [9.17, 15) is 47.5 Å². The van der Waals surface area contributed by atoms with Gasteiger partial charge < -0.3 is 58.2 Å². The number of hydrogen-bond acceptors (Lipinski definition) is 15. The van der Waals surface area contributed by atoms with Crippen molar-refractivity contribution in [2.24, 2.45) is 5.41 Å². The molecule has 1 N–H and O–H groups in total. The molecule has 3 aliphatic heterocycles. The van der Waals surface area contributed by atoms with Crippen molar-refractivity contribution >= 4 is 53.2 Å². The van der Waals surface area contributed by atoms with Crippen molar-refractivity contribution in [3.63, 3.8) is 0 Å². The third-order valence-electron chi connectivity index (χ3n) is 15.3. The molecule has 5 atom stereocenters. The zero-order valence-electron chi connectivity index (χ0n) is 53.7. The number of amides is 6. The molecule has 1 unspecified atom stereocenters. The smallest absolute Gasteiger partial charge is 0.330 e. The molecule has 3 aromatic rings. The second kappa shape index (κ2) is 35.2. The molecule has 0 aliphatic carbocycles. The van der Waals surface area contributed by atoms with Crippen LogP contribution in [-0.4, -0.2) is 188 Å². The van der Waals surface area contributed by atoms with Gasteiger partial charge in [0.1, 0.15) is 55.0 Å². The van der Waals surface area contributed by atoms with Crippen LogP contribution in [0.2, 0.25) is 0 Å². The summed E-state index contributed by atoms with van der Waals surface area (Å²) in [6.45, 7) is 12.7. The van der Waals surface area contributed by atoms with E-state index in [0.29, 0.717) is 44.9 Å². The zero-order chi connectivity index (χ0) is 65.3. The number of carbonyl (C=O) groups is 9. The Morgan fingerprint density at radius 2 is 1.36 bits per heavy atom. The molecule has 21 nitrogen and oxygen atoms in total. The Morgan fingerprint density at radius 1 is 0.716 bits per heavy atom. The van der Waals surface area contributed by atoms with Crippen molar-refractivity contribution in [3.05, 3.63) is 102 Å². The number of Topliss-reactive ketones (excluding diaryl/α,β-unsaturated/α-hetero) is 1. The van der Waals surface area contributed by atoms with E-state index in [1.807, 2.05) is 82.3 Å². The van der Waals surface area contributed by atoms with Crippen molar-refractivity contribution in [1.29, 1.82) is 0 Å². The molecule has 2 fully saturated rings. The summed E-state index contributed by atoms with van der Waals surface area (Å²) in [5, 5.41) is 2.76. The van der Waals surface area contributed by atoms with Crippen LogP contribution in [0.5, 0.6) is 17.2 Å². The Balaban J connectivity index is 0.000000926. The number of ether oxygens (including phenoxy) is 6. The second-order valence-electron chi connectivity index (χ2n) is 23.6. The third kappa shape index (κ3) is 22.1. The largest absolute Gasteiger partial charge is 0.493 e. The van der Waals surface area contributed by atoms with E-state index in [4.69, 9.17) is 28.4 Å². The molecule has 6 rings (SSSR count). The first kappa shape index (κ1) is 72.6. The number of piperidine rings is 1. The monoisotopic (exact) mass is 1230 g/mol. The number of benzene rings is 3. The Kier molecular flexibility index (Phi) is 29.0. The lowest BCUT2D eigenvalue weighted by atomic mass is 9.87. The minimum atomic E-state index is -1.46. The molecule has 486 valence electrons. The molecule has 22 heteroatoms. The van der Waals surface area contributed by atoms with Gasteiger partial charge in [-0.1, -0.05) is 68.8 Å². The quantitative estimate of drug-likeness (QED) is 0.178. The van der Waals surface area contributed by atoms with Gasteiger partial charge in [-0.2, -0.15) is 0 Å². The summed E-state index contributed by atoms with van der Waals surface area (Å²) in [6, 6.07) is 16.2. The number of cyclic esters (lactones) is 2. The summed E-state index contributed by atoms with van der Waals surface area (Å²) in [6.07, 6.45) is 7.53. The van der Waals surface area contributed by atoms with Crippen LogP contribution in [0.1, 0.15) is 126 Å². The van der Waals surface area contributed by atoms with E-state index < -0.39 is 114 Å².